The highest BCUT2D eigenvalue weighted by atomic mass is 32.2. The van der Waals surface area contributed by atoms with Gasteiger partial charge >= 0.3 is 0 Å². The number of fused-ring (bicyclic) bond motifs is 1. The SMILES string of the molecule is Cc1ccc(S(=O)(=O)n2ncc3ccc(-c4ncsc4-c4ccc(CN)c(OCCc5ccc(CN6CCN(c7cc(-c8ccccc8O)nnc7N)CC6)cc5)c4)cc32)cc1. The molecule has 0 bridgehead atoms. The molecule has 62 heavy (non-hydrogen) atoms. The van der Waals surface area contributed by atoms with Gasteiger partial charge in [-0.2, -0.15) is 17.6 Å². The van der Waals surface area contributed by atoms with E-state index >= 15 is 0 Å². The van der Waals surface area contributed by atoms with Gasteiger partial charge in [-0.3, -0.25) is 4.90 Å². The van der Waals surface area contributed by atoms with Crippen LogP contribution in [0.25, 0.3) is 43.9 Å². The fourth-order valence-corrected chi connectivity index (χ4v) is 9.84. The van der Waals surface area contributed by atoms with Crippen LogP contribution in [0, 0.1) is 6.92 Å². The first kappa shape index (κ1) is 40.7. The summed E-state index contributed by atoms with van der Waals surface area (Å²) in [6.07, 6.45) is 2.29. The fourth-order valence-electron chi connectivity index (χ4n) is 7.76. The Morgan fingerprint density at radius 1 is 0.839 bits per heavy atom. The van der Waals surface area contributed by atoms with E-state index in [1.54, 1.807) is 48.1 Å². The summed E-state index contributed by atoms with van der Waals surface area (Å²) >= 11 is 1.51. The van der Waals surface area contributed by atoms with Crippen LogP contribution in [0.5, 0.6) is 11.5 Å². The maximum atomic E-state index is 13.6. The first-order chi connectivity index (χ1) is 30.1. The van der Waals surface area contributed by atoms with E-state index < -0.39 is 10.0 Å². The number of phenols is 1. The van der Waals surface area contributed by atoms with Crippen molar-refractivity contribution < 1.29 is 18.3 Å². The van der Waals surface area contributed by atoms with Crippen molar-refractivity contribution >= 4 is 43.8 Å². The number of ether oxygens (including phenoxy) is 1. The molecule has 1 aliphatic rings. The Hall–Kier alpha value is -6.65. The largest absolute Gasteiger partial charge is 0.507 e. The van der Waals surface area contributed by atoms with Gasteiger partial charge in [-0.15, -0.1) is 21.5 Å². The molecule has 1 fully saturated rings. The van der Waals surface area contributed by atoms with Crippen LogP contribution in [0.2, 0.25) is 0 Å². The van der Waals surface area contributed by atoms with Gasteiger partial charge in [0.2, 0.25) is 0 Å². The highest BCUT2D eigenvalue weighted by Crippen LogP contribution is 2.39. The third kappa shape index (κ3) is 8.35. The molecule has 0 radical (unpaired) electrons. The standard InChI is InChI=1S/C47H45N9O4S2/c1-31-6-16-38(17-7-31)62(58,59)56-41-24-34(12-15-37(41)28-51-56)45-46(61-30-50-45)35-13-14-36(27-48)44(25-35)60-23-18-32-8-10-33(11-9-32)29-54-19-21-55(22-20-54)42-26-40(52-53-47(42)49)39-4-2-3-5-43(39)57/h2-17,24-26,28,30,57H,18-23,27,29,48H2,1H3,(H2,49,53). The molecule has 0 unspecified atom stereocenters. The molecule has 8 aromatic rings. The number of anilines is 2. The van der Waals surface area contributed by atoms with Crippen LogP contribution in [-0.2, 0) is 29.5 Å². The van der Waals surface area contributed by atoms with Crippen molar-refractivity contribution in [1.82, 2.24) is 29.3 Å². The minimum Gasteiger partial charge on any atom is -0.507 e. The number of thiazole rings is 1. The zero-order valence-corrected chi connectivity index (χ0v) is 35.7. The van der Waals surface area contributed by atoms with Crippen LogP contribution in [0.15, 0.2) is 132 Å². The molecule has 3 aromatic heterocycles. The van der Waals surface area contributed by atoms with Crippen LogP contribution in [0.1, 0.15) is 22.3 Å². The van der Waals surface area contributed by atoms with Gasteiger partial charge < -0.3 is 26.2 Å². The lowest BCUT2D eigenvalue weighted by Gasteiger charge is -2.36. The van der Waals surface area contributed by atoms with Gasteiger partial charge in [0.15, 0.2) is 5.82 Å². The number of piperazine rings is 1. The van der Waals surface area contributed by atoms with Gasteiger partial charge in [-0.1, -0.05) is 78.4 Å². The topological polar surface area (TPSA) is 179 Å². The smallest absolute Gasteiger partial charge is 0.283 e. The van der Waals surface area contributed by atoms with Crippen molar-refractivity contribution in [3.8, 4) is 44.5 Å². The Bertz CT molecular complexity index is 2980. The fraction of sp³-hybridized carbons (Fsp3) is 0.191. The lowest BCUT2D eigenvalue weighted by Crippen LogP contribution is -2.46. The highest BCUT2D eigenvalue weighted by Gasteiger charge is 2.23. The Kier molecular flexibility index (Phi) is 11.4. The van der Waals surface area contributed by atoms with Gasteiger partial charge in [0.25, 0.3) is 10.0 Å². The molecular formula is C47H45N9O4S2. The zero-order valence-electron chi connectivity index (χ0n) is 34.1. The normalized spacial score (nSPS) is 13.5. The van der Waals surface area contributed by atoms with Crippen LogP contribution >= 0.6 is 11.3 Å². The summed E-state index contributed by atoms with van der Waals surface area (Å²) in [5.41, 5.74) is 23.5. The molecule has 314 valence electrons. The number of para-hydroxylation sites is 1. The number of aromatic nitrogens is 5. The van der Waals surface area contributed by atoms with E-state index in [0.717, 1.165) is 87.5 Å². The summed E-state index contributed by atoms with van der Waals surface area (Å²) in [7, 11) is -3.91. The zero-order chi connectivity index (χ0) is 42.8. The number of nitrogens with two attached hydrogens (primary N) is 2. The predicted octanol–water partition coefficient (Wildman–Crippen LogP) is 7.52. The number of hydrogen-bond donors (Lipinski definition) is 3. The predicted molar refractivity (Wildman–Crippen MR) is 245 cm³/mol. The third-order valence-electron chi connectivity index (χ3n) is 11.2. The second-order valence-electron chi connectivity index (χ2n) is 15.3. The molecule has 0 amide bonds. The molecule has 9 rings (SSSR count). The number of aromatic hydroxyl groups is 1. The van der Waals surface area contributed by atoms with Crippen LogP contribution in [0.3, 0.4) is 0 Å². The van der Waals surface area contributed by atoms with Crippen LogP contribution < -0.4 is 21.1 Å². The quantitative estimate of drug-likeness (QED) is 0.104. The summed E-state index contributed by atoms with van der Waals surface area (Å²) in [5.74, 6) is 1.25. The van der Waals surface area contributed by atoms with Gasteiger partial charge in [-0.25, -0.2) is 4.98 Å². The number of nitrogens with zero attached hydrogens (tertiary/aromatic N) is 7. The first-order valence-electron chi connectivity index (χ1n) is 20.3. The van der Waals surface area contributed by atoms with Crippen LogP contribution in [0.4, 0.5) is 11.5 Å². The molecule has 4 heterocycles. The molecule has 13 nitrogen and oxygen atoms in total. The Morgan fingerprint density at radius 2 is 1.60 bits per heavy atom. The number of benzene rings is 5. The van der Waals surface area contributed by atoms with Gasteiger partial charge in [0, 0.05) is 67.8 Å². The number of aryl methyl sites for hydroxylation is 1. The number of phenolic OH excluding ortho intramolecular Hbond substituents is 1. The molecule has 5 N–H and O–H groups in total. The van der Waals surface area contributed by atoms with E-state index in [-0.39, 0.29) is 10.6 Å². The molecule has 1 aliphatic heterocycles. The lowest BCUT2D eigenvalue weighted by atomic mass is 10.0. The van der Waals surface area contributed by atoms with E-state index in [0.29, 0.717) is 41.1 Å². The van der Waals surface area contributed by atoms with Crippen molar-refractivity contribution in [2.75, 3.05) is 43.4 Å². The number of nitrogen functional groups attached to an aromatic ring is 1. The average Bonchev–Trinajstić information content (AvgIpc) is 3.96. The molecule has 5 aromatic carbocycles. The second-order valence-corrected chi connectivity index (χ2v) is 18.0. The summed E-state index contributed by atoms with van der Waals surface area (Å²) < 4.78 is 34.7. The average molecular weight is 864 g/mol. The second kappa shape index (κ2) is 17.4. The molecule has 0 atom stereocenters. The molecular weight excluding hydrogens is 819 g/mol. The summed E-state index contributed by atoms with van der Waals surface area (Å²) in [6.45, 7) is 6.89. The van der Waals surface area contributed by atoms with E-state index in [1.165, 1.54) is 22.5 Å². The minimum atomic E-state index is -3.91. The Morgan fingerprint density at radius 3 is 2.37 bits per heavy atom. The summed E-state index contributed by atoms with van der Waals surface area (Å²) in [5, 5.41) is 23.7. The summed E-state index contributed by atoms with van der Waals surface area (Å²) in [4.78, 5) is 10.5. The van der Waals surface area contributed by atoms with Crippen molar-refractivity contribution in [2.24, 2.45) is 5.73 Å². The number of hydrogen-bond acceptors (Lipinski definition) is 13. The molecule has 1 saturated heterocycles. The number of rotatable bonds is 13. The Balaban J connectivity index is 0.828. The van der Waals surface area contributed by atoms with E-state index in [9.17, 15) is 13.5 Å². The van der Waals surface area contributed by atoms with E-state index in [1.807, 2.05) is 61.5 Å². The monoisotopic (exact) mass is 863 g/mol. The van der Waals surface area contributed by atoms with Gasteiger partial charge in [-0.05, 0) is 66.1 Å². The molecule has 15 heteroatoms. The van der Waals surface area contributed by atoms with Crippen molar-refractivity contribution in [2.45, 2.75) is 31.3 Å². The van der Waals surface area contributed by atoms with E-state index in [4.69, 9.17) is 21.2 Å². The molecule has 0 saturated carbocycles. The van der Waals surface area contributed by atoms with E-state index in [2.05, 4.69) is 49.4 Å². The molecule has 0 aliphatic carbocycles. The van der Waals surface area contributed by atoms with Crippen molar-refractivity contribution in [3.05, 3.63) is 149 Å². The minimum absolute atomic E-state index is 0.157. The van der Waals surface area contributed by atoms with Gasteiger partial charge in [0.1, 0.15) is 11.5 Å². The van der Waals surface area contributed by atoms with Gasteiger partial charge in [0.05, 0.1) is 50.7 Å². The van der Waals surface area contributed by atoms with Crippen LogP contribution in [-0.4, -0.2) is 75.6 Å². The molecule has 0 spiro atoms. The maximum Gasteiger partial charge on any atom is 0.283 e. The lowest BCUT2D eigenvalue weighted by molar-refractivity contribution is 0.250. The van der Waals surface area contributed by atoms with Crippen molar-refractivity contribution in [3.63, 3.8) is 0 Å². The highest BCUT2D eigenvalue weighted by molar-refractivity contribution is 7.90. The summed E-state index contributed by atoms with van der Waals surface area (Å²) in [6, 6.07) is 36.1. The van der Waals surface area contributed by atoms with Crippen molar-refractivity contribution in [1.29, 1.82) is 0 Å². The third-order valence-corrected chi connectivity index (χ3v) is 13.7. The first-order valence-corrected chi connectivity index (χ1v) is 22.6. The maximum absolute atomic E-state index is 13.6. The Labute approximate surface area is 363 Å².